The molecule has 1 N–H and O–H groups in total. The van der Waals surface area contributed by atoms with Gasteiger partial charge in [-0.05, 0) is 6.07 Å². The molecule has 0 saturated heterocycles. The first-order valence-electron chi connectivity index (χ1n) is 4.01. The number of pyridine rings is 1. The lowest BCUT2D eigenvalue weighted by Gasteiger charge is -2.07. The fourth-order valence-corrected chi connectivity index (χ4v) is 1.02. The predicted octanol–water partition coefficient (Wildman–Crippen LogP) is 1.38. The normalized spacial score (nSPS) is 9.94. The summed E-state index contributed by atoms with van der Waals surface area (Å²) >= 11 is 0. The molecule has 0 atom stereocenters. The standard InChI is InChI=1S/C9H6F2N2O3/c1-16-9(15)6-7(14)5(8(10)11)2-4(3-12)13-6/h2,8,14H,1H3. The monoisotopic (exact) mass is 228 g/mol. The Bertz CT molecular complexity index is 469. The van der Waals surface area contributed by atoms with Gasteiger partial charge >= 0.3 is 5.97 Å². The first-order chi connectivity index (χ1) is 7.51. The topological polar surface area (TPSA) is 83.2 Å². The zero-order chi connectivity index (χ0) is 12.3. The molecule has 1 heterocycles. The van der Waals surface area contributed by atoms with Crippen molar-refractivity contribution >= 4 is 5.97 Å². The molecule has 0 amide bonds. The van der Waals surface area contributed by atoms with E-state index < -0.39 is 35.1 Å². The first kappa shape index (κ1) is 11.8. The minimum absolute atomic E-state index is 0.395. The van der Waals surface area contributed by atoms with Gasteiger partial charge in [0.25, 0.3) is 6.43 Å². The van der Waals surface area contributed by atoms with Crippen molar-refractivity contribution in [3.8, 4) is 11.8 Å². The summed E-state index contributed by atoms with van der Waals surface area (Å²) in [5, 5.41) is 17.9. The molecule has 84 valence electrons. The third-order valence-corrected chi connectivity index (χ3v) is 1.75. The number of carbonyl (C=O) groups is 1. The molecular weight excluding hydrogens is 222 g/mol. The van der Waals surface area contributed by atoms with Crippen LogP contribution in [0, 0.1) is 11.3 Å². The molecule has 5 nitrogen and oxygen atoms in total. The van der Waals surface area contributed by atoms with Crippen LogP contribution in [0.1, 0.15) is 28.2 Å². The highest BCUT2D eigenvalue weighted by molar-refractivity contribution is 5.90. The van der Waals surface area contributed by atoms with Gasteiger partial charge in [-0.1, -0.05) is 0 Å². The van der Waals surface area contributed by atoms with Gasteiger partial charge in [0.2, 0.25) is 0 Å². The lowest BCUT2D eigenvalue weighted by molar-refractivity contribution is 0.0589. The molecule has 0 unspecified atom stereocenters. The molecule has 0 fully saturated rings. The van der Waals surface area contributed by atoms with Crippen molar-refractivity contribution in [3.63, 3.8) is 0 Å². The fourth-order valence-electron chi connectivity index (χ4n) is 1.02. The molecular formula is C9H6F2N2O3. The maximum atomic E-state index is 12.4. The average molecular weight is 228 g/mol. The molecule has 16 heavy (non-hydrogen) atoms. The number of nitrogens with zero attached hydrogens (tertiary/aromatic N) is 2. The number of halogens is 2. The number of esters is 1. The Kier molecular flexibility index (Phi) is 3.35. The van der Waals surface area contributed by atoms with E-state index in [0.29, 0.717) is 6.07 Å². The Labute approximate surface area is 88.9 Å². The molecule has 1 aromatic rings. The number of aromatic hydroxyl groups is 1. The number of rotatable bonds is 2. The summed E-state index contributed by atoms with van der Waals surface area (Å²) in [5.74, 6) is -2.06. The molecule has 0 spiro atoms. The van der Waals surface area contributed by atoms with Crippen molar-refractivity contribution in [2.75, 3.05) is 7.11 Å². The minimum Gasteiger partial charge on any atom is -0.505 e. The van der Waals surface area contributed by atoms with Crippen LogP contribution in [0.25, 0.3) is 0 Å². The van der Waals surface area contributed by atoms with Crippen LogP contribution in [0.5, 0.6) is 5.75 Å². The quantitative estimate of drug-likeness (QED) is 0.773. The Morgan fingerprint density at radius 3 is 2.75 bits per heavy atom. The maximum Gasteiger partial charge on any atom is 0.360 e. The summed E-state index contributed by atoms with van der Waals surface area (Å²) in [4.78, 5) is 14.5. The first-order valence-corrected chi connectivity index (χ1v) is 4.01. The number of alkyl halides is 2. The highest BCUT2D eigenvalue weighted by Gasteiger charge is 2.23. The van der Waals surface area contributed by atoms with Crippen LogP contribution < -0.4 is 0 Å². The van der Waals surface area contributed by atoms with E-state index in [1.165, 1.54) is 6.07 Å². The second-order valence-electron chi connectivity index (χ2n) is 2.70. The number of ether oxygens (including phenoxy) is 1. The van der Waals surface area contributed by atoms with Gasteiger partial charge in [0.15, 0.2) is 11.4 Å². The molecule has 1 rings (SSSR count). The van der Waals surface area contributed by atoms with E-state index in [4.69, 9.17) is 5.26 Å². The van der Waals surface area contributed by atoms with Crippen molar-refractivity contribution < 1.29 is 23.4 Å². The third-order valence-electron chi connectivity index (χ3n) is 1.75. The van der Waals surface area contributed by atoms with E-state index >= 15 is 0 Å². The van der Waals surface area contributed by atoms with Gasteiger partial charge < -0.3 is 9.84 Å². The highest BCUT2D eigenvalue weighted by Crippen LogP contribution is 2.31. The number of hydrogen-bond acceptors (Lipinski definition) is 5. The van der Waals surface area contributed by atoms with E-state index in [1.807, 2.05) is 0 Å². The van der Waals surface area contributed by atoms with Gasteiger partial charge in [0.1, 0.15) is 11.8 Å². The SMILES string of the molecule is COC(=O)c1nc(C#N)cc(C(F)F)c1O. The van der Waals surface area contributed by atoms with Crippen molar-refractivity contribution in [2.45, 2.75) is 6.43 Å². The van der Waals surface area contributed by atoms with Crippen molar-refractivity contribution in [3.05, 3.63) is 23.0 Å². The second-order valence-corrected chi connectivity index (χ2v) is 2.70. The van der Waals surface area contributed by atoms with Crippen LogP contribution in [-0.4, -0.2) is 23.2 Å². The molecule has 0 aliphatic rings. The third kappa shape index (κ3) is 2.06. The maximum absolute atomic E-state index is 12.4. The van der Waals surface area contributed by atoms with Crippen molar-refractivity contribution in [1.82, 2.24) is 4.98 Å². The number of aromatic nitrogens is 1. The summed E-state index contributed by atoms with van der Waals surface area (Å²) in [5.41, 5.74) is -1.92. The molecule has 0 aromatic carbocycles. The number of nitriles is 1. The smallest absolute Gasteiger partial charge is 0.360 e. The summed E-state index contributed by atoms with van der Waals surface area (Å²) in [6, 6.07) is 2.22. The van der Waals surface area contributed by atoms with Crippen LogP contribution in [0.15, 0.2) is 6.07 Å². The van der Waals surface area contributed by atoms with E-state index in [2.05, 4.69) is 9.72 Å². The molecule has 0 aliphatic carbocycles. The number of carbonyl (C=O) groups excluding carboxylic acids is 1. The van der Waals surface area contributed by atoms with Gasteiger partial charge in [0, 0.05) is 0 Å². The van der Waals surface area contributed by atoms with Crippen LogP contribution in [0.4, 0.5) is 8.78 Å². The van der Waals surface area contributed by atoms with E-state index in [0.717, 1.165) is 7.11 Å². The Hall–Kier alpha value is -2.23. The van der Waals surface area contributed by atoms with Crippen molar-refractivity contribution in [2.24, 2.45) is 0 Å². The second kappa shape index (κ2) is 4.53. The Morgan fingerprint density at radius 2 is 2.31 bits per heavy atom. The lowest BCUT2D eigenvalue weighted by Crippen LogP contribution is -2.07. The Morgan fingerprint density at radius 1 is 1.69 bits per heavy atom. The number of hydrogen-bond donors (Lipinski definition) is 1. The summed E-state index contributed by atoms with van der Waals surface area (Å²) in [7, 11) is 1.00. The highest BCUT2D eigenvalue weighted by atomic mass is 19.3. The molecule has 0 saturated carbocycles. The zero-order valence-electron chi connectivity index (χ0n) is 8.07. The van der Waals surface area contributed by atoms with E-state index in [1.54, 1.807) is 0 Å². The fraction of sp³-hybridized carbons (Fsp3) is 0.222. The molecule has 1 aromatic heterocycles. The molecule has 0 bridgehead atoms. The summed E-state index contributed by atoms with van der Waals surface area (Å²) in [6.07, 6.45) is -3.02. The number of methoxy groups -OCH3 is 1. The molecule has 0 radical (unpaired) electrons. The van der Waals surface area contributed by atoms with Gasteiger partial charge in [-0.15, -0.1) is 0 Å². The van der Waals surface area contributed by atoms with Gasteiger partial charge in [-0.25, -0.2) is 18.6 Å². The van der Waals surface area contributed by atoms with E-state index in [-0.39, 0.29) is 0 Å². The van der Waals surface area contributed by atoms with Gasteiger partial charge in [-0.3, -0.25) is 0 Å². The van der Waals surface area contributed by atoms with Crippen LogP contribution in [-0.2, 0) is 4.74 Å². The summed E-state index contributed by atoms with van der Waals surface area (Å²) in [6.45, 7) is 0. The van der Waals surface area contributed by atoms with Crippen LogP contribution in [0.2, 0.25) is 0 Å². The average Bonchev–Trinajstić information content (AvgIpc) is 2.28. The lowest BCUT2D eigenvalue weighted by atomic mass is 10.1. The minimum atomic E-state index is -3.02. The predicted molar refractivity (Wildman–Crippen MR) is 46.9 cm³/mol. The zero-order valence-corrected chi connectivity index (χ0v) is 8.07. The van der Waals surface area contributed by atoms with Crippen LogP contribution in [0.3, 0.4) is 0 Å². The summed E-state index contributed by atoms with van der Waals surface area (Å²) < 4.78 is 29.1. The largest absolute Gasteiger partial charge is 0.505 e. The molecule has 0 aliphatic heterocycles. The molecule has 7 heteroatoms. The van der Waals surface area contributed by atoms with Gasteiger partial charge in [-0.2, -0.15) is 5.26 Å². The van der Waals surface area contributed by atoms with Crippen LogP contribution >= 0.6 is 0 Å². The van der Waals surface area contributed by atoms with E-state index in [9.17, 15) is 18.7 Å². The van der Waals surface area contributed by atoms with Gasteiger partial charge in [0.05, 0.1) is 12.7 Å². The Balaban J connectivity index is 3.44. The van der Waals surface area contributed by atoms with Crippen molar-refractivity contribution in [1.29, 1.82) is 5.26 Å².